The quantitative estimate of drug-likeness (QED) is 0.582. The van der Waals surface area contributed by atoms with Crippen LogP contribution in [0.5, 0.6) is 0 Å². The number of hydrogen-bond donors (Lipinski definition) is 1. The number of nitrogens with one attached hydrogen (secondary N) is 1. The van der Waals surface area contributed by atoms with Crippen LogP contribution in [0.2, 0.25) is 10.2 Å². The maximum absolute atomic E-state index is 12.8. The molecule has 0 saturated carbocycles. The maximum Gasteiger partial charge on any atom is 0.410 e. The Morgan fingerprint density at radius 1 is 1.12 bits per heavy atom. The van der Waals surface area contributed by atoms with Crippen LogP contribution in [0.3, 0.4) is 0 Å². The summed E-state index contributed by atoms with van der Waals surface area (Å²) >= 11 is 11.7. The van der Waals surface area contributed by atoms with E-state index in [0.29, 0.717) is 47.8 Å². The molecule has 0 atom stereocenters. The summed E-state index contributed by atoms with van der Waals surface area (Å²) in [7, 11) is 0. The number of nitrogens with zero attached hydrogens (tertiary/aromatic N) is 5. The molecule has 0 aliphatic carbocycles. The van der Waals surface area contributed by atoms with Crippen molar-refractivity contribution in [2.75, 3.05) is 26.2 Å². The lowest BCUT2D eigenvalue weighted by Crippen LogP contribution is -2.62. The Labute approximate surface area is 193 Å². The van der Waals surface area contributed by atoms with Gasteiger partial charge in [0, 0.05) is 48.9 Å². The molecular weight excluding hydrogens is 455 g/mol. The van der Waals surface area contributed by atoms with Gasteiger partial charge in [-0.2, -0.15) is 0 Å². The number of amides is 2. The van der Waals surface area contributed by atoms with Crippen molar-refractivity contribution in [3.8, 4) is 0 Å². The second-order valence-corrected chi connectivity index (χ2v) is 9.13. The van der Waals surface area contributed by atoms with Gasteiger partial charge in [-0.3, -0.25) is 9.89 Å². The number of hydrogen-bond acceptors (Lipinski definition) is 6. The van der Waals surface area contributed by atoms with Crippen molar-refractivity contribution >= 4 is 46.2 Å². The van der Waals surface area contributed by atoms with Crippen LogP contribution in [-0.4, -0.2) is 68.4 Å². The second kappa shape index (κ2) is 8.22. The first kappa shape index (κ1) is 21.0. The third-order valence-corrected chi connectivity index (χ3v) is 6.90. The van der Waals surface area contributed by atoms with Crippen LogP contribution in [0.15, 0.2) is 30.5 Å². The highest BCUT2D eigenvalue weighted by molar-refractivity contribution is 6.41. The Bertz CT molecular complexity index is 1180. The summed E-state index contributed by atoms with van der Waals surface area (Å²) in [5.41, 5.74) is 2.83. The molecule has 32 heavy (non-hydrogen) atoms. The highest BCUT2D eigenvalue weighted by Gasteiger charge is 2.47. The van der Waals surface area contributed by atoms with Gasteiger partial charge < -0.3 is 14.5 Å². The molecule has 2 aliphatic heterocycles. The molecule has 1 aromatic carbocycles. The molecule has 5 rings (SSSR count). The highest BCUT2D eigenvalue weighted by atomic mass is 35.5. The van der Waals surface area contributed by atoms with Crippen LogP contribution >= 0.6 is 23.2 Å². The van der Waals surface area contributed by atoms with Crippen molar-refractivity contribution in [3.63, 3.8) is 0 Å². The number of likely N-dealkylation sites (tertiary alicyclic amines) is 2. The fourth-order valence-electron chi connectivity index (χ4n) is 4.32. The normalized spacial score (nSPS) is 17.4. The predicted molar refractivity (Wildman–Crippen MR) is 117 cm³/mol. The van der Waals surface area contributed by atoms with Gasteiger partial charge in [0.2, 0.25) is 0 Å². The van der Waals surface area contributed by atoms with Crippen LogP contribution in [0.1, 0.15) is 28.8 Å². The third kappa shape index (κ3) is 3.98. The van der Waals surface area contributed by atoms with E-state index in [9.17, 15) is 9.59 Å². The van der Waals surface area contributed by atoms with Crippen molar-refractivity contribution in [2.45, 2.75) is 19.4 Å². The van der Waals surface area contributed by atoms with Crippen molar-refractivity contribution in [1.29, 1.82) is 0 Å². The summed E-state index contributed by atoms with van der Waals surface area (Å²) in [6, 6.07) is 7.00. The van der Waals surface area contributed by atoms with E-state index in [-0.39, 0.29) is 29.2 Å². The number of ether oxygens (including phenoxy) is 1. The van der Waals surface area contributed by atoms with Crippen LogP contribution in [0.4, 0.5) is 4.79 Å². The molecule has 1 spiro atoms. The number of pyridine rings is 1. The monoisotopic (exact) mass is 474 g/mol. The van der Waals surface area contributed by atoms with E-state index in [1.807, 2.05) is 11.0 Å². The fraction of sp³-hybridized carbons (Fsp3) is 0.381. The molecule has 3 aromatic rings. The second-order valence-electron chi connectivity index (χ2n) is 8.36. The van der Waals surface area contributed by atoms with E-state index in [4.69, 9.17) is 27.9 Å². The van der Waals surface area contributed by atoms with E-state index in [1.165, 1.54) is 6.20 Å². The van der Waals surface area contributed by atoms with Crippen molar-refractivity contribution in [3.05, 3.63) is 51.8 Å². The van der Waals surface area contributed by atoms with E-state index in [1.54, 1.807) is 23.1 Å². The Morgan fingerprint density at radius 3 is 2.66 bits per heavy atom. The molecule has 11 heteroatoms. The SMILES string of the molecule is O=C(OCc1cnc(Cl)c(Cl)c1)N1CCC2(CC1)CN(C(=O)c1ccc3[nH]nnc3c1)C2. The summed E-state index contributed by atoms with van der Waals surface area (Å²) in [6.07, 6.45) is 2.84. The average molecular weight is 475 g/mol. The number of benzene rings is 1. The third-order valence-electron chi connectivity index (χ3n) is 6.21. The van der Waals surface area contributed by atoms with Gasteiger partial charge in [-0.05, 0) is 37.1 Å². The first-order valence-corrected chi connectivity index (χ1v) is 11.0. The van der Waals surface area contributed by atoms with Gasteiger partial charge in [0.05, 0.1) is 10.5 Å². The maximum atomic E-state index is 12.8. The Hall–Kier alpha value is -2.91. The van der Waals surface area contributed by atoms with Gasteiger partial charge in [0.25, 0.3) is 5.91 Å². The molecule has 0 unspecified atom stereocenters. The predicted octanol–water partition coefficient (Wildman–Crippen LogP) is 3.53. The molecule has 2 amide bonds. The molecule has 2 aliphatic rings. The Kier molecular flexibility index (Phi) is 5.38. The van der Waals surface area contributed by atoms with Crippen LogP contribution in [0.25, 0.3) is 11.0 Å². The number of carbonyl (C=O) groups excluding carboxylic acids is 2. The summed E-state index contributed by atoms with van der Waals surface area (Å²) in [5, 5.41) is 11.0. The standard InChI is InChI=1S/C21H20Cl2N6O3/c22-15-7-13(9-24-18(15)23)10-32-20(31)28-5-3-21(4-6-28)11-29(12-21)19(30)14-1-2-16-17(8-14)26-27-25-16/h1-2,7-9H,3-6,10-12H2,(H,25,26,27). The fourth-order valence-corrected chi connectivity index (χ4v) is 4.61. The van der Waals surface area contributed by atoms with E-state index >= 15 is 0 Å². The highest BCUT2D eigenvalue weighted by Crippen LogP contribution is 2.41. The number of aromatic nitrogens is 4. The summed E-state index contributed by atoms with van der Waals surface area (Å²) in [4.78, 5) is 32.8. The van der Waals surface area contributed by atoms with Crippen molar-refractivity contribution in [2.24, 2.45) is 5.41 Å². The lowest BCUT2D eigenvalue weighted by atomic mass is 9.72. The number of H-pyrrole nitrogens is 1. The zero-order chi connectivity index (χ0) is 22.3. The van der Waals surface area contributed by atoms with Gasteiger partial charge in [-0.15, -0.1) is 5.10 Å². The number of aromatic amines is 1. The van der Waals surface area contributed by atoms with Gasteiger partial charge in [-0.25, -0.2) is 9.78 Å². The molecule has 0 bridgehead atoms. The van der Waals surface area contributed by atoms with E-state index in [0.717, 1.165) is 18.4 Å². The van der Waals surface area contributed by atoms with Gasteiger partial charge >= 0.3 is 6.09 Å². The summed E-state index contributed by atoms with van der Waals surface area (Å²) in [5.74, 6) is -0.00222. The molecule has 2 fully saturated rings. The van der Waals surface area contributed by atoms with E-state index < -0.39 is 0 Å². The minimum absolute atomic E-state index is 0.00222. The molecule has 2 saturated heterocycles. The molecule has 166 valence electrons. The smallest absolute Gasteiger partial charge is 0.410 e. The Balaban J connectivity index is 1.11. The van der Waals surface area contributed by atoms with Gasteiger partial charge in [0.15, 0.2) is 0 Å². The van der Waals surface area contributed by atoms with Crippen LogP contribution in [0, 0.1) is 5.41 Å². The molecule has 1 N–H and O–H groups in total. The first-order chi connectivity index (χ1) is 15.4. The minimum atomic E-state index is -0.362. The van der Waals surface area contributed by atoms with Crippen LogP contribution < -0.4 is 0 Å². The first-order valence-electron chi connectivity index (χ1n) is 10.2. The Morgan fingerprint density at radius 2 is 1.91 bits per heavy atom. The molecular formula is C21H20Cl2N6O3. The van der Waals surface area contributed by atoms with Gasteiger partial charge in [-0.1, -0.05) is 28.4 Å². The van der Waals surface area contributed by atoms with Gasteiger partial charge in [0.1, 0.15) is 17.3 Å². The number of carbonyl (C=O) groups is 2. The molecule has 9 nitrogen and oxygen atoms in total. The minimum Gasteiger partial charge on any atom is -0.444 e. The summed E-state index contributed by atoms with van der Waals surface area (Å²) < 4.78 is 5.40. The lowest BCUT2D eigenvalue weighted by molar-refractivity contribution is -0.0319. The lowest BCUT2D eigenvalue weighted by Gasteiger charge is -2.53. The van der Waals surface area contributed by atoms with Crippen molar-refractivity contribution in [1.82, 2.24) is 30.2 Å². The zero-order valence-corrected chi connectivity index (χ0v) is 18.6. The topological polar surface area (TPSA) is 104 Å². The molecule has 2 aromatic heterocycles. The largest absolute Gasteiger partial charge is 0.444 e. The summed E-state index contributed by atoms with van der Waals surface area (Å²) in [6.45, 7) is 2.68. The van der Waals surface area contributed by atoms with E-state index in [2.05, 4.69) is 20.4 Å². The number of halogens is 2. The van der Waals surface area contributed by atoms with Crippen LogP contribution in [-0.2, 0) is 11.3 Å². The number of rotatable bonds is 3. The number of piperidine rings is 1. The molecule has 4 heterocycles. The van der Waals surface area contributed by atoms with Crippen molar-refractivity contribution < 1.29 is 14.3 Å². The zero-order valence-electron chi connectivity index (χ0n) is 17.1. The number of fused-ring (bicyclic) bond motifs is 1. The average Bonchev–Trinajstić information content (AvgIpc) is 3.25. The molecule has 0 radical (unpaired) electrons.